The lowest BCUT2D eigenvalue weighted by Gasteiger charge is -2.15. The van der Waals surface area contributed by atoms with Crippen molar-refractivity contribution in [3.63, 3.8) is 0 Å². The van der Waals surface area contributed by atoms with E-state index in [1.807, 2.05) is 0 Å². The number of hydrogen-bond acceptors (Lipinski definition) is 3. The second-order valence-electron chi connectivity index (χ2n) is 4.57. The van der Waals surface area contributed by atoms with E-state index in [-0.39, 0.29) is 0 Å². The number of nitrogens with one attached hydrogen (secondary N) is 1. The highest BCUT2D eigenvalue weighted by atomic mass is 16.5. The average molecular weight is 214 g/mol. The predicted octanol–water partition coefficient (Wildman–Crippen LogP) is 1.49. The van der Waals surface area contributed by atoms with Gasteiger partial charge in [0, 0.05) is 13.2 Å². The third-order valence-corrected chi connectivity index (χ3v) is 3.01. The van der Waals surface area contributed by atoms with Crippen LogP contribution < -0.4 is 5.32 Å². The summed E-state index contributed by atoms with van der Waals surface area (Å²) in [6.07, 6.45) is 5.42. The molecule has 0 spiro atoms. The lowest BCUT2D eigenvalue weighted by atomic mass is 10.2. The molecule has 15 heavy (non-hydrogen) atoms. The van der Waals surface area contributed by atoms with Gasteiger partial charge in [-0.3, -0.25) is 0 Å². The van der Waals surface area contributed by atoms with Gasteiger partial charge in [0.15, 0.2) is 0 Å². The Bertz CT molecular complexity index is 147. The molecule has 0 aromatic heterocycles. The van der Waals surface area contributed by atoms with Crippen molar-refractivity contribution in [1.29, 1.82) is 0 Å². The van der Waals surface area contributed by atoms with Gasteiger partial charge in [0.25, 0.3) is 0 Å². The largest absolute Gasteiger partial charge is 0.383 e. The molecule has 0 radical (unpaired) electrons. The smallest absolute Gasteiger partial charge is 0.0613 e. The van der Waals surface area contributed by atoms with Gasteiger partial charge in [-0.15, -0.1) is 0 Å². The predicted molar refractivity (Wildman–Crippen MR) is 64.2 cm³/mol. The Morgan fingerprint density at radius 1 is 1.27 bits per heavy atom. The van der Waals surface area contributed by atoms with Crippen molar-refractivity contribution in [1.82, 2.24) is 10.2 Å². The van der Waals surface area contributed by atoms with Crippen molar-refractivity contribution in [2.75, 3.05) is 39.9 Å². The van der Waals surface area contributed by atoms with Crippen LogP contribution in [-0.4, -0.2) is 50.8 Å². The van der Waals surface area contributed by atoms with E-state index >= 15 is 0 Å². The number of unbranched alkanes of at least 4 members (excludes halogenated alkanes) is 1. The molecule has 1 aliphatic rings. The van der Waals surface area contributed by atoms with Crippen molar-refractivity contribution < 1.29 is 4.74 Å². The van der Waals surface area contributed by atoms with E-state index in [0.717, 1.165) is 13.2 Å². The molecule has 1 rings (SSSR count). The van der Waals surface area contributed by atoms with Crippen molar-refractivity contribution in [3.8, 4) is 0 Å². The summed E-state index contributed by atoms with van der Waals surface area (Å²) in [5.74, 6) is 0. The fraction of sp³-hybridized carbons (Fsp3) is 1.00. The minimum atomic E-state index is 0.488. The Morgan fingerprint density at radius 3 is 2.67 bits per heavy atom. The van der Waals surface area contributed by atoms with Gasteiger partial charge in [-0.2, -0.15) is 0 Å². The van der Waals surface area contributed by atoms with Gasteiger partial charge in [0.05, 0.1) is 6.61 Å². The zero-order chi connectivity index (χ0) is 10.9. The lowest BCUT2D eigenvalue weighted by Crippen LogP contribution is -2.31. The Balaban J connectivity index is 1.84. The number of likely N-dealkylation sites (tertiary alicyclic amines) is 1. The minimum absolute atomic E-state index is 0.488. The molecular formula is C12H26N2O. The summed E-state index contributed by atoms with van der Waals surface area (Å²) >= 11 is 0. The van der Waals surface area contributed by atoms with Crippen LogP contribution in [0.1, 0.15) is 32.6 Å². The van der Waals surface area contributed by atoms with Crippen molar-refractivity contribution in [3.05, 3.63) is 0 Å². The SMILES string of the molecule is COCC(C)NCCCCN1CCCC1. The molecule has 0 aliphatic carbocycles. The van der Waals surface area contributed by atoms with E-state index in [4.69, 9.17) is 4.74 Å². The van der Waals surface area contributed by atoms with Crippen LogP contribution in [0.5, 0.6) is 0 Å². The summed E-state index contributed by atoms with van der Waals surface area (Å²) < 4.78 is 5.07. The fourth-order valence-electron chi connectivity index (χ4n) is 2.12. The first-order chi connectivity index (χ1) is 7.33. The summed E-state index contributed by atoms with van der Waals surface area (Å²) in [5, 5.41) is 3.47. The van der Waals surface area contributed by atoms with E-state index < -0.39 is 0 Å². The minimum Gasteiger partial charge on any atom is -0.383 e. The molecule has 1 unspecified atom stereocenters. The first-order valence-electron chi connectivity index (χ1n) is 6.27. The Labute approximate surface area is 94.2 Å². The van der Waals surface area contributed by atoms with Gasteiger partial charge in [-0.1, -0.05) is 0 Å². The Kier molecular flexibility index (Phi) is 6.98. The van der Waals surface area contributed by atoms with E-state index in [2.05, 4.69) is 17.1 Å². The molecule has 3 nitrogen and oxygen atoms in total. The van der Waals surface area contributed by atoms with Crippen LogP contribution in [0.2, 0.25) is 0 Å². The highest BCUT2D eigenvalue weighted by Crippen LogP contribution is 2.07. The summed E-state index contributed by atoms with van der Waals surface area (Å²) in [7, 11) is 1.76. The molecular weight excluding hydrogens is 188 g/mol. The third kappa shape index (κ3) is 6.13. The number of nitrogens with zero attached hydrogens (tertiary/aromatic N) is 1. The summed E-state index contributed by atoms with van der Waals surface area (Å²) in [6, 6.07) is 0.488. The van der Waals surface area contributed by atoms with Crippen molar-refractivity contribution in [2.45, 2.75) is 38.6 Å². The Morgan fingerprint density at radius 2 is 2.00 bits per heavy atom. The first kappa shape index (κ1) is 12.9. The molecule has 1 N–H and O–H groups in total. The highest BCUT2D eigenvalue weighted by Gasteiger charge is 2.09. The maximum atomic E-state index is 5.07. The third-order valence-electron chi connectivity index (χ3n) is 3.01. The summed E-state index contributed by atoms with van der Waals surface area (Å²) in [5.41, 5.74) is 0. The van der Waals surface area contributed by atoms with Crippen LogP contribution in [0.15, 0.2) is 0 Å². The fourth-order valence-corrected chi connectivity index (χ4v) is 2.12. The molecule has 0 saturated carbocycles. The molecule has 3 heteroatoms. The normalized spacial score (nSPS) is 19.6. The number of ether oxygens (including phenoxy) is 1. The second-order valence-corrected chi connectivity index (χ2v) is 4.57. The molecule has 0 amide bonds. The second kappa shape index (κ2) is 8.08. The molecule has 0 bridgehead atoms. The van der Waals surface area contributed by atoms with E-state index in [9.17, 15) is 0 Å². The van der Waals surface area contributed by atoms with Crippen LogP contribution in [0.3, 0.4) is 0 Å². The molecule has 90 valence electrons. The van der Waals surface area contributed by atoms with Gasteiger partial charge in [0.2, 0.25) is 0 Å². The van der Waals surface area contributed by atoms with Crippen LogP contribution >= 0.6 is 0 Å². The van der Waals surface area contributed by atoms with Crippen molar-refractivity contribution >= 4 is 0 Å². The summed E-state index contributed by atoms with van der Waals surface area (Å²) in [4.78, 5) is 2.58. The zero-order valence-electron chi connectivity index (χ0n) is 10.3. The average Bonchev–Trinajstić information content (AvgIpc) is 2.70. The van der Waals surface area contributed by atoms with E-state index in [1.54, 1.807) is 7.11 Å². The van der Waals surface area contributed by atoms with Crippen LogP contribution in [0, 0.1) is 0 Å². The van der Waals surface area contributed by atoms with Gasteiger partial charge < -0.3 is 15.0 Å². The molecule has 1 aliphatic heterocycles. The Hall–Kier alpha value is -0.120. The maximum Gasteiger partial charge on any atom is 0.0613 e. The van der Waals surface area contributed by atoms with E-state index in [0.29, 0.717) is 6.04 Å². The van der Waals surface area contributed by atoms with Gasteiger partial charge >= 0.3 is 0 Å². The molecule has 1 heterocycles. The standard InChI is InChI=1S/C12H26N2O/c1-12(11-15-2)13-7-3-4-8-14-9-5-6-10-14/h12-13H,3-11H2,1-2H3. The molecule has 0 aromatic carbocycles. The number of methoxy groups -OCH3 is 1. The van der Waals surface area contributed by atoms with Gasteiger partial charge in [0.1, 0.15) is 0 Å². The monoisotopic (exact) mass is 214 g/mol. The van der Waals surface area contributed by atoms with E-state index in [1.165, 1.54) is 45.3 Å². The summed E-state index contributed by atoms with van der Waals surface area (Å²) in [6.45, 7) is 8.05. The van der Waals surface area contributed by atoms with Crippen LogP contribution in [0.4, 0.5) is 0 Å². The maximum absolute atomic E-state index is 5.07. The van der Waals surface area contributed by atoms with Gasteiger partial charge in [-0.05, 0) is 58.8 Å². The van der Waals surface area contributed by atoms with Crippen LogP contribution in [-0.2, 0) is 4.74 Å². The number of rotatable bonds is 8. The molecule has 1 fully saturated rings. The highest BCUT2D eigenvalue weighted by molar-refractivity contribution is 4.66. The molecule has 1 atom stereocenters. The topological polar surface area (TPSA) is 24.5 Å². The molecule has 0 aromatic rings. The van der Waals surface area contributed by atoms with Crippen LogP contribution in [0.25, 0.3) is 0 Å². The zero-order valence-corrected chi connectivity index (χ0v) is 10.3. The first-order valence-corrected chi connectivity index (χ1v) is 6.27. The van der Waals surface area contributed by atoms with Gasteiger partial charge in [-0.25, -0.2) is 0 Å². The molecule has 1 saturated heterocycles. The van der Waals surface area contributed by atoms with Crippen molar-refractivity contribution in [2.24, 2.45) is 0 Å². The lowest BCUT2D eigenvalue weighted by molar-refractivity contribution is 0.172. The number of hydrogen-bond donors (Lipinski definition) is 1. The quantitative estimate of drug-likeness (QED) is 0.620.